The quantitative estimate of drug-likeness (QED) is 0.541. The van der Waals surface area contributed by atoms with E-state index in [4.69, 9.17) is 9.84 Å². The molecule has 6 heteroatoms. The van der Waals surface area contributed by atoms with Gasteiger partial charge in [0.1, 0.15) is 11.3 Å². The molecule has 3 N–H and O–H groups in total. The van der Waals surface area contributed by atoms with Gasteiger partial charge in [-0.25, -0.2) is 4.79 Å². The van der Waals surface area contributed by atoms with Crippen molar-refractivity contribution >= 4 is 12.1 Å². The zero-order chi connectivity index (χ0) is 15.6. The number of carboxylic acids is 1. The zero-order valence-corrected chi connectivity index (χ0v) is 12.3. The van der Waals surface area contributed by atoms with Crippen molar-refractivity contribution in [3.05, 3.63) is 12.2 Å². The summed E-state index contributed by atoms with van der Waals surface area (Å²) < 4.78 is 5.08. The fourth-order valence-corrected chi connectivity index (χ4v) is 2.19. The Hall–Kier alpha value is -1.56. The van der Waals surface area contributed by atoms with Crippen LogP contribution in [0.15, 0.2) is 12.2 Å². The van der Waals surface area contributed by atoms with E-state index in [9.17, 15) is 14.7 Å². The molecule has 0 aromatic carbocycles. The van der Waals surface area contributed by atoms with Gasteiger partial charge in [-0.2, -0.15) is 0 Å². The summed E-state index contributed by atoms with van der Waals surface area (Å²) in [5.41, 5.74) is -2.08. The first-order valence-electron chi connectivity index (χ1n) is 6.63. The van der Waals surface area contributed by atoms with Gasteiger partial charge in [-0.3, -0.25) is 10.1 Å². The fourth-order valence-electron chi connectivity index (χ4n) is 2.19. The van der Waals surface area contributed by atoms with Crippen molar-refractivity contribution in [3.63, 3.8) is 0 Å². The van der Waals surface area contributed by atoms with Crippen LogP contribution in [-0.4, -0.2) is 33.6 Å². The van der Waals surface area contributed by atoms with Crippen LogP contribution in [0, 0.1) is 11.8 Å². The van der Waals surface area contributed by atoms with Crippen LogP contribution in [0.2, 0.25) is 0 Å². The molecule has 6 nitrogen and oxygen atoms in total. The van der Waals surface area contributed by atoms with Gasteiger partial charge < -0.3 is 14.9 Å². The second kappa shape index (κ2) is 5.83. The molecule has 0 spiro atoms. The van der Waals surface area contributed by atoms with E-state index in [1.165, 1.54) is 6.92 Å². The van der Waals surface area contributed by atoms with Crippen LogP contribution in [0.3, 0.4) is 0 Å². The first-order chi connectivity index (χ1) is 8.98. The Bertz CT molecular complexity index is 408. The number of nitrogens with one attached hydrogen (secondary N) is 1. The van der Waals surface area contributed by atoms with Crippen LogP contribution in [0.5, 0.6) is 0 Å². The standard InChI is InChI=1S/C14H23NO5/c1-13(2,3)20-12(18)15-14(4,19)8-9-5-6-10(7-9)11(16)17/h5-6,9-10,19H,7-8H2,1-4H3,(H,15,18)(H,16,17)/t9-,10-,14?/m0/s1. The van der Waals surface area contributed by atoms with Crippen molar-refractivity contribution in [1.82, 2.24) is 5.32 Å². The maximum Gasteiger partial charge on any atom is 0.409 e. The van der Waals surface area contributed by atoms with Gasteiger partial charge >= 0.3 is 12.1 Å². The molecule has 20 heavy (non-hydrogen) atoms. The Labute approximate surface area is 118 Å². The Morgan fingerprint density at radius 2 is 1.90 bits per heavy atom. The lowest BCUT2D eigenvalue weighted by Crippen LogP contribution is -2.48. The van der Waals surface area contributed by atoms with Crippen LogP contribution < -0.4 is 5.32 Å². The number of ether oxygens (including phenoxy) is 1. The summed E-state index contributed by atoms with van der Waals surface area (Å²) >= 11 is 0. The summed E-state index contributed by atoms with van der Waals surface area (Å²) in [4.78, 5) is 22.5. The largest absolute Gasteiger partial charge is 0.481 e. The minimum absolute atomic E-state index is 0.0824. The molecule has 1 amide bonds. The number of alkyl carbamates (subject to hydrolysis) is 1. The predicted octanol–water partition coefficient (Wildman–Crippen LogP) is 1.89. The minimum atomic E-state index is -1.44. The van der Waals surface area contributed by atoms with Gasteiger partial charge in [0.15, 0.2) is 0 Å². The predicted molar refractivity (Wildman–Crippen MR) is 73.0 cm³/mol. The van der Waals surface area contributed by atoms with Crippen molar-refractivity contribution in [2.24, 2.45) is 11.8 Å². The second-order valence-electron chi connectivity index (χ2n) is 6.43. The van der Waals surface area contributed by atoms with Gasteiger partial charge in [0, 0.05) is 6.42 Å². The van der Waals surface area contributed by atoms with Crippen LogP contribution in [0.25, 0.3) is 0 Å². The molecule has 0 aromatic rings. The normalized spacial score (nSPS) is 25.1. The van der Waals surface area contributed by atoms with Gasteiger partial charge in [-0.15, -0.1) is 0 Å². The molecule has 0 saturated carbocycles. The number of aliphatic hydroxyl groups is 1. The van der Waals surface area contributed by atoms with E-state index in [0.29, 0.717) is 6.42 Å². The van der Waals surface area contributed by atoms with Gasteiger partial charge in [-0.1, -0.05) is 12.2 Å². The molecule has 0 saturated heterocycles. The van der Waals surface area contributed by atoms with Crippen LogP contribution in [-0.2, 0) is 9.53 Å². The molecule has 0 aromatic heterocycles. The van der Waals surface area contributed by atoms with Crippen molar-refractivity contribution in [3.8, 4) is 0 Å². The number of hydrogen-bond donors (Lipinski definition) is 3. The Morgan fingerprint density at radius 1 is 1.30 bits per heavy atom. The molecule has 1 unspecified atom stereocenters. The summed E-state index contributed by atoms with van der Waals surface area (Å²) in [6.07, 6.45) is 3.37. The monoisotopic (exact) mass is 285 g/mol. The summed E-state index contributed by atoms with van der Waals surface area (Å²) in [6, 6.07) is 0. The zero-order valence-electron chi connectivity index (χ0n) is 12.3. The number of aliphatic carboxylic acids is 1. The summed E-state index contributed by atoms with van der Waals surface area (Å²) in [5, 5.41) is 21.5. The molecular weight excluding hydrogens is 262 g/mol. The first kappa shape index (κ1) is 16.5. The van der Waals surface area contributed by atoms with Gasteiger partial charge in [-0.05, 0) is 40.0 Å². The lowest BCUT2D eigenvalue weighted by Gasteiger charge is -2.29. The van der Waals surface area contributed by atoms with Crippen molar-refractivity contribution in [2.75, 3.05) is 0 Å². The molecule has 0 radical (unpaired) electrons. The third-order valence-electron chi connectivity index (χ3n) is 2.92. The smallest absolute Gasteiger partial charge is 0.409 e. The second-order valence-corrected chi connectivity index (χ2v) is 6.43. The number of amides is 1. The summed E-state index contributed by atoms with van der Waals surface area (Å²) in [6.45, 7) is 6.67. The van der Waals surface area contributed by atoms with Crippen molar-refractivity contribution in [1.29, 1.82) is 0 Å². The number of allylic oxidation sites excluding steroid dienone is 1. The van der Waals surface area contributed by atoms with Crippen LogP contribution in [0.1, 0.15) is 40.5 Å². The highest BCUT2D eigenvalue weighted by Gasteiger charge is 2.32. The summed E-state index contributed by atoms with van der Waals surface area (Å²) in [5.74, 6) is -1.47. The number of hydrogen-bond acceptors (Lipinski definition) is 4. The summed E-state index contributed by atoms with van der Waals surface area (Å²) in [7, 11) is 0. The lowest BCUT2D eigenvalue weighted by atomic mass is 9.95. The van der Waals surface area contributed by atoms with E-state index < -0.39 is 29.3 Å². The SMILES string of the molecule is CC(O)(C[C@H]1C=C[C@H](C(=O)O)C1)NC(=O)OC(C)(C)C. The average molecular weight is 285 g/mol. The van der Waals surface area contributed by atoms with Gasteiger partial charge in [0.25, 0.3) is 0 Å². The number of carbonyl (C=O) groups excluding carboxylic acids is 1. The van der Waals surface area contributed by atoms with Crippen LogP contribution >= 0.6 is 0 Å². The highest BCUT2D eigenvalue weighted by atomic mass is 16.6. The maximum absolute atomic E-state index is 11.6. The van der Waals surface area contributed by atoms with E-state index in [2.05, 4.69) is 5.32 Å². The number of carboxylic acid groups (broad SMARTS) is 1. The van der Waals surface area contributed by atoms with Crippen molar-refractivity contribution in [2.45, 2.75) is 51.9 Å². The molecule has 0 aliphatic heterocycles. The molecule has 0 heterocycles. The maximum atomic E-state index is 11.6. The highest BCUT2D eigenvalue weighted by Crippen LogP contribution is 2.29. The van der Waals surface area contributed by atoms with Gasteiger partial charge in [0.2, 0.25) is 0 Å². The average Bonchev–Trinajstić information content (AvgIpc) is 2.60. The number of rotatable bonds is 4. The molecule has 1 aliphatic rings. The Kier molecular flexibility index (Phi) is 4.81. The molecule has 1 aliphatic carbocycles. The van der Waals surface area contributed by atoms with Gasteiger partial charge in [0.05, 0.1) is 5.92 Å². The molecule has 3 atom stereocenters. The minimum Gasteiger partial charge on any atom is -0.481 e. The van der Waals surface area contributed by atoms with E-state index in [1.54, 1.807) is 32.9 Å². The third kappa shape index (κ3) is 5.61. The lowest BCUT2D eigenvalue weighted by molar-refractivity contribution is -0.140. The number of carbonyl (C=O) groups is 2. The first-order valence-corrected chi connectivity index (χ1v) is 6.63. The van der Waals surface area contributed by atoms with E-state index in [0.717, 1.165) is 0 Å². The Morgan fingerprint density at radius 3 is 2.35 bits per heavy atom. The molecule has 0 bridgehead atoms. The van der Waals surface area contributed by atoms with E-state index >= 15 is 0 Å². The van der Waals surface area contributed by atoms with Crippen molar-refractivity contribution < 1.29 is 24.5 Å². The molecule has 1 rings (SSSR count). The topological polar surface area (TPSA) is 95.9 Å². The van der Waals surface area contributed by atoms with E-state index in [-0.39, 0.29) is 12.3 Å². The fraction of sp³-hybridized carbons (Fsp3) is 0.714. The highest BCUT2D eigenvalue weighted by molar-refractivity contribution is 5.72. The van der Waals surface area contributed by atoms with E-state index in [1.807, 2.05) is 0 Å². The molecule has 0 fully saturated rings. The third-order valence-corrected chi connectivity index (χ3v) is 2.92. The molecular formula is C14H23NO5. The Balaban J connectivity index is 2.48. The van der Waals surface area contributed by atoms with Crippen LogP contribution in [0.4, 0.5) is 4.79 Å². The molecule has 114 valence electrons.